The van der Waals surface area contributed by atoms with E-state index in [2.05, 4.69) is 30.4 Å². The molecule has 0 N–H and O–H groups in total. The summed E-state index contributed by atoms with van der Waals surface area (Å²) in [5.74, 6) is 0.459. The number of aromatic nitrogens is 4. The number of aliphatic imine (C=N–C) groups is 2. The minimum atomic E-state index is 0.230. The van der Waals surface area contributed by atoms with Gasteiger partial charge in [-0.2, -0.15) is 0 Å². The van der Waals surface area contributed by atoms with E-state index >= 15 is 0 Å². The van der Waals surface area contributed by atoms with Crippen molar-refractivity contribution >= 4 is 24.3 Å². The zero-order valence-electron chi connectivity index (χ0n) is 13.0. The second kappa shape index (κ2) is 8.38. The Morgan fingerprint density at radius 2 is 0.958 bits per heavy atom. The lowest BCUT2D eigenvalue weighted by atomic mass is 10.2. The van der Waals surface area contributed by atoms with Crippen molar-refractivity contribution in [2.24, 2.45) is 9.98 Å². The Bertz CT molecular complexity index is 727. The Balaban J connectivity index is 1.53. The highest BCUT2D eigenvalue weighted by molar-refractivity contribution is 5.65. The van der Waals surface area contributed by atoms with Crippen molar-refractivity contribution < 1.29 is 0 Å². The first kappa shape index (κ1) is 15.6. The number of nitrogens with zero attached hydrogens (tertiary/aromatic N) is 6. The van der Waals surface area contributed by atoms with Crippen molar-refractivity contribution in [1.29, 1.82) is 0 Å². The normalized spacial score (nSPS) is 11.3. The molecule has 24 heavy (non-hydrogen) atoms. The van der Waals surface area contributed by atoms with E-state index in [1.807, 2.05) is 60.7 Å². The molecule has 0 saturated carbocycles. The smallest absolute Gasteiger partial charge is 0.221 e. The van der Waals surface area contributed by atoms with Gasteiger partial charge in [-0.15, -0.1) is 20.4 Å². The molecule has 118 valence electrons. The van der Waals surface area contributed by atoms with Crippen LogP contribution in [0.5, 0.6) is 0 Å². The predicted molar refractivity (Wildman–Crippen MR) is 94.2 cm³/mol. The van der Waals surface area contributed by atoms with E-state index in [4.69, 9.17) is 0 Å². The van der Waals surface area contributed by atoms with Crippen LogP contribution in [-0.4, -0.2) is 32.8 Å². The first-order valence-corrected chi connectivity index (χ1v) is 7.60. The summed E-state index contributed by atoms with van der Waals surface area (Å²) in [5.41, 5.74) is 2.34. The molecule has 0 bridgehead atoms. The van der Waals surface area contributed by atoms with Gasteiger partial charge < -0.3 is 0 Å². The zero-order chi connectivity index (χ0) is 16.5. The van der Waals surface area contributed by atoms with E-state index in [0.29, 0.717) is 12.8 Å². The maximum atomic E-state index is 4.15. The van der Waals surface area contributed by atoms with Gasteiger partial charge in [-0.25, -0.2) is 9.98 Å². The first-order valence-electron chi connectivity index (χ1n) is 7.60. The highest BCUT2D eigenvalue weighted by Crippen LogP contribution is 2.04. The molecule has 0 aliphatic carbocycles. The van der Waals surface area contributed by atoms with Crippen molar-refractivity contribution in [3.8, 4) is 0 Å². The van der Waals surface area contributed by atoms with Gasteiger partial charge in [-0.1, -0.05) is 60.7 Å². The van der Waals surface area contributed by atoms with Crippen LogP contribution in [-0.2, 0) is 12.8 Å². The van der Waals surface area contributed by atoms with Crippen LogP contribution in [0.2, 0.25) is 0 Å². The van der Waals surface area contributed by atoms with Crippen LogP contribution in [0, 0.1) is 0 Å². The van der Waals surface area contributed by atoms with Crippen LogP contribution in [0.15, 0.2) is 70.6 Å². The topological polar surface area (TPSA) is 76.3 Å². The lowest BCUT2D eigenvalue weighted by Gasteiger charge is -1.95. The molecular formula is C18H16N6. The molecule has 1 heterocycles. The van der Waals surface area contributed by atoms with E-state index in [1.165, 1.54) is 11.1 Å². The summed E-state index contributed by atoms with van der Waals surface area (Å²) in [6, 6.07) is 20.1. The van der Waals surface area contributed by atoms with E-state index in [-0.39, 0.29) is 11.9 Å². The van der Waals surface area contributed by atoms with E-state index in [9.17, 15) is 0 Å². The van der Waals surface area contributed by atoms with Crippen LogP contribution < -0.4 is 0 Å². The second-order valence-corrected chi connectivity index (χ2v) is 5.00. The molecule has 0 saturated heterocycles. The van der Waals surface area contributed by atoms with Crippen molar-refractivity contribution in [2.75, 3.05) is 0 Å². The summed E-state index contributed by atoms with van der Waals surface area (Å²) in [5, 5.41) is 15.6. The summed E-state index contributed by atoms with van der Waals surface area (Å²) in [6.07, 6.45) is 4.90. The van der Waals surface area contributed by atoms with Gasteiger partial charge in [-0.3, -0.25) is 0 Å². The number of hydrogen-bond acceptors (Lipinski definition) is 6. The van der Waals surface area contributed by atoms with Gasteiger partial charge in [0, 0.05) is 25.3 Å². The Kier molecular flexibility index (Phi) is 5.45. The highest BCUT2D eigenvalue weighted by atomic mass is 15.4. The van der Waals surface area contributed by atoms with Crippen LogP contribution in [0.1, 0.15) is 11.1 Å². The Labute approximate surface area is 140 Å². The second-order valence-electron chi connectivity index (χ2n) is 5.00. The van der Waals surface area contributed by atoms with Gasteiger partial charge >= 0.3 is 0 Å². The predicted octanol–water partition coefficient (Wildman–Crippen LogP) is 3.16. The average molecular weight is 316 g/mol. The van der Waals surface area contributed by atoms with Crippen molar-refractivity contribution in [3.63, 3.8) is 0 Å². The molecule has 2 aromatic carbocycles. The molecule has 6 nitrogen and oxygen atoms in total. The fourth-order valence-corrected chi connectivity index (χ4v) is 2.02. The third-order valence-electron chi connectivity index (χ3n) is 3.21. The average Bonchev–Trinajstić information content (AvgIpc) is 2.65. The fourth-order valence-electron chi connectivity index (χ4n) is 2.02. The van der Waals surface area contributed by atoms with Gasteiger partial charge in [0.05, 0.1) is 0 Å². The number of benzene rings is 2. The number of hydrogen-bond donors (Lipinski definition) is 0. The molecule has 6 heteroatoms. The minimum absolute atomic E-state index is 0.230. The van der Waals surface area contributed by atoms with Gasteiger partial charge in [0.25, 0.3) is 11.9 Å². The summed E-state index contributed by atoms with van der Waals surface area (Å²) in [4.78, 5) is 8.29. The fraction of sp³-hybridized carbons (Fsp3) is 0.111. The molecule has 3 aromatic rings. The summed E-state index contributed by atoms with van der Waals surface area (Å²) >= 11 is 0. The standard InChI is InChI=1S/C18H16N6/c1-3-7-15(8-4-1)11-13-19-17-21-23-18(24-22-17)20-14-12-16-9-5-2-6-10-16/h1-10,13-14H,11-12H2. The van der Waals surface area contributed by atoms with Gasteiger partial charge in [0.1, 0.15) is 0 Å². The molecule has 0 unspecified atom stereocenters. The maximum absolute atomic E-state index is 4.15. The Morgan fingerprint density at radius 3 is 1.33 bits per heavy atom. The molecule has 0 aliphatic rings. The van der Waals surface area contributed by atoms with Gasteiger partial charge in [0.15, 0.2) is 0 Å². The van der Waals surface area contributed by atoms with Crippen LogP contribution in [0.25, 0.3) is 0 Å². The SMILES string of the molecule is C(Cc1ccccc1)=Nc1nnc(N=CCc2ccccc2)nn1. The van der Waals surface area contributed by atoms with E-state index in [0.717, 1.165) is 0 Å². The monoisotopic (exact) mass is 316 g/mol. The first-order chi connectivity index (χ1) is 11.9. The zero-order valence-corrected chi connectivity index (χ0v) is 13.0. The quantitative estimate of drug-likeness (QED) is 0.655. The van der Waals surface area contributed by atoms with E-state index < -0.39 is 0 Å². The lowest BCUT2D eigenvalue weighted by molar-refractivity contribution is 0.855. The minimum Gasteiger partial charge on any atom is -0.221 e. The van der Waals surface area contributed by atoms with Gasteiger partial charge in [-0.05, 0) is 11.1 Å². The summed E-state index contributed by atoms with van der Waals surface area (Å²) < 4.78 is 0. The molecule has 0 spiro atoms. The lowest BCUT2D eigenvalue weighted by Crippen LogP contribution is -1.93. The van der Waals surface area contributed by atoms with Crippen molar-refractivity contribution in [2.45, 2.75) is 12.8 Å². The molecule has 0 amide bonds. The van der Waals surface area contributed by atoms with Crippen LogP contribution in [0.3, 0.4) is 0 Å². The van der Waals surface area contributed by atoms with Crippen molar-refractivity contribution in [3.05, 3.63) is 71.8 Å². The summed E-state index contributed by atoms with van der Waals surface area (Å²) in [6.45, 7) is 0. The third-order valence-corrected chi connectivity index (χ3v) is 3.21. The molecule has 0 fully saturated rings. The van der Waals surface area contributed by atoms with Crippen LogP contribution >= 0.6 is 0 Å². The van der Waals surface area contributed by atoms with E-state index in [1.54, 1.807) is 12.4 Å². The molecule has 0 aliphatic heterocycles. The third kappa shape index (κ3) is 4.88. The largest absolute Gasteiger partial charge is 0.287 e. The Hall–Kier alpha value is -3.28. The molecule has 0 atom stereocenters. The van der Waals surface area contributed by atoms with Crippen LogP contribution in [0.4, 0.5) is 11.9 Å². The molecule has 1 aromatic heterocycles. The summed E-state index contributed by atoms with van der Waals surface area (Å²) in [7, 11) is 0. The molecule has 0 radical (unpaired) electrons. The van der Waals surface area contributed by atoms with Crippen molar-refractivity contribution in [1.82, 2.24) is 20.4 Å². The maximum Gasteiger partial charge on any atom is 0.287 e. The molecular weight excluding hydrogens is 300 g/mol. The molecule has 3 rings (SSSR count). The Morgan fingerprint density at radius 1 is 0.583 bits per heavy atom. The highest BCUT2D eigenvalue weighted by Gasteiger charge is 1.97. The van der Waals surface area contributed by atoms with Gasteiger partial charge in [0.2, 0.25) is 0 Å². The number of rotatable bonds is 6.